The zero-order valence-electron chi connectivity index (χ0n) is 8.29. The van der Waals surface area contributed by atoms with Gasteiger partial charge in [-0.05, 0) is 24.1 Å². The maximum absolute atomic E-state index is 14.0. The smallest absolute Gasteiger partial charge is 0.346 e. The number of carbonyl (C=O) groups is 1. The molecular weight excluding hydrogens is 199 g/mol. The molecule has 15 heavy (non-hydrogen) atoms. The van der Waals surface area contributed by atoms with E-state index in [-0.39, 0.29) is 12.0 Å². The first kappa shape index (κ1) is 9.96. The van der Waals surface area contributed by atoms with E-state index in [2.05, 4.69) is 0 Å². The third kappa shape index (κ3) is 1.37. The van der Waals surface area contributed by atoms with Crippen molar-refractivity contribution in [3.8, 4) is 5.75 Å². The largest absolute Gasteiger partial charge is 0.497 e. The van der Waals surface area contributed by atoms with Crippen molar-refractivity contribution in [2.45, 2.75) is 18.5 Å². The van der Waals surface area contributed by atoms with Gasteiger partial charge in [-0.2, -0.15) is 0 Å². The molecule has 1 aromatic carbocycles. The fourth-order valence-electron chi connectivity index (χ4n) is 1.95. The second-order valence-electron chi connectivity index (χ2n) is 3.63. The van der Waals surface area contributed by atoms with E-state index in [1.54, 1.807) is 12.1 Å². The van der Waals surface area contributed by atoms with Crippen LogP contribution in [0.1, 0.15) is 17.5 Å². The zero-order valence-corrected chi connectivity index (χ0v) is 8.29. The predicted octanol–water partition coefficient (Wildman–Crippen LogP) is 1.89. The van der Waals surface area contributed by atoms with Gasteiger partial charge in [-0.1, -0.05) is 6.07 Å². The summed E-state index contributed by atoms with van der Waals surface area (Å²) in [5, 5.41) is 8.84. The van der Waals surface area contributed by atoms with Gasteiger partial charge >= 0.3 is 5.97 Å². The van der Waals surface area contributed by atoms with Crippen LogP contribution in [-0.4, -0.2) is 18.2 Å². The molecule has 1 aliphatic rings. The Morgan fingerprint density at radius 2 is 2.33 bits per heavy atom. The predicted molar refractivity (Wildman–Crippen MR) is 51.7 cm³/mol. The van der Waals surface area contributed by atoms with Crippen molar-refractivity contribution in [3.63, 3.8) is 0 Å². The number of aliphatic carboxylic acids is 1. The normalized spacial score (nSPS) is 23.6. The lowest BCUT2D eigenvalue weighted by Gasteiger charge is -2.15. The second-order valence-corrected chi connectivity index (χ2v) is 3.63. The van der Waals surface area contributed by atoms with Gasteiger partial charge in [0.15, 0.2) is 0 Å². The highest BCUT2D eigenvalue weighted by Gasteiger charge is 2.46. The number of alkyl halides is 1. The number of carboxylic acids is 1. The summed E-state index contributed by atoms with van der Waals surface area (Å²) in [6, 6.07) is 4.77. The minimum Gasteiger partial charge on any atom is -0.497 e. The van der Waals surface area contributed by atoms with Crippen molar-refractivity contribution in [2.24, 2.45) is 0 Å². The molecule has 0 bridgehead atoms. The van der Waals surface area contributed by atoms with Crippen LogP contribution in [0, 0.1) is 0 Å². The van der Waals surface area contributed by atoms with Crippen molar-refractivity contribution in [1.29, 1.82) is 0 Å². The van der Waals surface area contributed by atoms with E-state index in [9.17, 15) is 9.18 Å². The van der Waals surface area contributed by atoms with Crippen LogP contribution in [0.5, 0.6) is 5.75 Å². The summed E-state index contributed by atoms with van der Waals surface area (Å²) in [5.41, 5.74) is -1.24. The highest BCUT2D eigenvalue weighted by molar-refractivity contribution is 5.81. The van der Waals surface area contributed by atoms with Gasteiger partial charge in [0.25, 0.3) is 0 Å². The highest BCUT2D eigenvalue weighted by Crippen LogP contribution is 2.41. The number of methoxy groups -OCH3 is 1. The van der Waals surface area contributed by atoms with Crippen LogP contribution in [0.3, 0.4) is 0 Å². The highest BCUT2D eigenvalue weighted by atomic mass is 19.1. The molecule has 1 N–H and O–H groups in total. The fourth-order valence-corrected chi connectivity index (χ4v) is 1.95. The lowest BCUT2D eigenvalue weighted by Crippen LogP contribution is -2.27. The SMILES string of the molecule is COc1ccc2c(c1)CCC2(F)C(=O)O. The number of carboxylic acid groups (broad SMARTS) is 1. The number of halogens is 1. The van der Waals surface area contributed by atoms with Crippen LogP contribution in [0.4, 0.5) is 4.39 Å². The van der Waals surface area contributed by atoms with Crippen molar-refractivity contribution >= 4 is 5.97 Å². The van der Waals surface area contributed by atoms with Crippen LogP contribution in [0.2, 0.25) is 0 Å². The van der Waals surface area contributed by atoms with E-state index in [1.807, 2.05) is 0 Å². The van der Waals surface area contributed by atoms with E-state index in [1.165, 1.54) is 13.2 Å². The maximum Gasteiger partial charge on any atom is 0.346 e. The molecule has 0 saturated heterocycles. The van der Waals surface area contributed by atoms with Crippen LogP contribution in [0.25, 0.3) is 0 Å². The second kappa shape index (κ2) is 3.22. The van der Waals surface area contributed by atoms with Gasteiger partial charge in [-0.25, -0.2) is 9.18 Å². The molecule has 2 rings (SSSR count). The van der Waals surface area contributed by atoms with E-state index in [4.69, 9.17) is 9.84 Å². The van der Waals surface area contributed by atoms with E-state index in [0.717, 1.165) is 5.56 Å². The van der Waals surface area contributed by atoms with E-state index < -0.39 is 11.6 Å². The first-order chi connectivity index (χ1) is 7.08. The summed E-state index contributed by atoms with van der Waals surface area (Å²) in [4.78, 5) is 10.8. The maximum atomic E-state index is 14.0. The zero-order chi connectivity index (χ0) is 11.1. The number of hydrogen-bond acceptors (Lipinski definition) is 2. The Morgan fingerprint density at radius 1 is 1.60 bits per heavy atom. The van der Waals surface area contributed by atoms with Crippen molar-refractivity contribution in [3.05, 3.63) is 29.3 Å². The lowest BCUT2D eigenvalue weighted by atomic mass is 9.98. The van der Waals surface area contributed by atoms with Crippen molar-refractivity contribution < 1.29 is 19.0 Å². The molecule has 0 radical (unpaired) electrons. The number of rotatable bonds is 2. The molecule has 1 aliphatic carbocycles. The molecule has 0 fully saturated rings. The first-order valence-corrected chi connectivity index (χ1v) is 4.67. The summed E-state index contributed by atoms with van der Waals surface area (Å²) >= 11 is 0. The van der Waals surface area contributed by atoms with Crippen LogP contribution in [0.15, 0.2) is 18.2 Å². The summed E-state index contributed by atoms with van der Waals surface area (Å²) in [7, 11) is 1.52. The minimum atomic E-state index is -2.22. The molecule has 0 aliphatic heterocycles. The van der Waals surface area contributed by atoms with Crippen LogP contribution in [-0.2, 0) is 16.9 Å². The van der Waals surface area contributed by atoms with Crippen molar-refractivity contribution in [2.75, 3.05) is 7.11 Å². The standard InChI is InChI=1S/C11H11FO3/c1-15-8-2-3-9-7(6-8)4-5-11(9,12)10(13)14/h2-3,6H,4-5H2,1H3,(H,13,14). The molecule has 1 unspecified atom stereocenters. The van der Waals surface area contributed by atoms with Gasteiger partial charge in [0.1, 0.15) is 5.75 Å². The Kier molecular flexibility index (Phi) is 2.14. The Labute approximate surface area is 86.5 Å². The van der Waals surface area contributed by atoms with E-state index >= 15 is 0 Å². The Bertz CT molecular complexity index is 416. The molecule has 1 aromatic rings. The summed E-state index contributed by atoms with van der Waals surface area (Å²) in [6.45, 7) is 0. The first-order valence-electron chi connectivity index (χ1n) is 4.67. The molecule has 80 valence electrons. The lowest BCUT2D eigenvalue weighted by molar-refractivity contribution is -0.151. The topological polar surface area (TPSA) is 46.5 Å². The quantitative estimate of drug-likeness (QED) is 0.810. The Balaban J connectivity index is 2.49. The van der Waals surface area contributed by atoms with E-state index in [0.29, 0.717) is 12.2 Å². The number of aryl methyl sites for hydroxylation is 1. The number of ether oxygens (including phenoxy) is 1. The number of benzene rings is 1. The molecule has 4 heteroatoms. The third-order valence-corrected chi connectivity index (χ3v) is 2.82. The van der Waals surface area contributed by atoms with Gasteiger partial charge < -0.3 is 9.84 Å². The van der Waals surface area contributed by atoms with Crippen LogP contribution < -0.4 is 4.74 Å². The van der Waals surface area contributed by atoms with Gasteiger partial charge in [0.05, 0.1) is 7.11 Å². The number of fused-ring (bicyclic) bond motifs is 1. The Morgan fingerprint density at radius 3 is 2.93 bits per heavy atom. The van der Waals surface area contributed by atoms with Gasteiger partial charge in [-0.3, -0.25) is 0 Å². The van der Waals surface area contributed by atoms with Gasteiger partial charge in [0, 0.05) is 12.0 Å². The molecule has 0 heterocycles. The molecule has 3 nitrogen and oxygen atoms in total. The summed E-state index contributed by atoms with van der Waals surface area (Å²) in [6.07, 6.45) is 0.445. The molecule has 0 saturated carbocycles. The van der Waals surface area contributed by atoms with Crippen molar-refractivity contribution in [1.82, 2.24) is 0 Å². The summed E-state index contributed by atoms with van der Waals surface area (Å²) < 4.78 is 19.0. The molecule has 0 aromatic heterocycles. The van der Waals surface area contributed by atoms with Gasteiger partial charge in [0.2, 0.25) is 5.67 Å². The Hall–Kier alpha value is -1.58. The number of hydrogen-bond donors (Lipinski definition) is 1. The molecular formula is C11H11FO3. The monoisotopic (exact) mass is 210 g/mol. The van der Waals surface area contributed by atoms with Gasteiger partial charge in [-0.15, -0.1) is 0 Å². The fraction of sp³-hybridized carbons (Fsp3) is 0.364. The average molecular weight is 210 g/mol. The molecule has 1 atom stereocenters. The summed E-state index contributed by atoms with van der Waals surface area (Å²) in [5.74, 6) is -0.783. The average Bonchev–Trinajstić information content (AvgIpc) is 2.57. The minimum absolute atomic E-state index is 0.00480. The molecule has 0 spiro atoms. The third-order valence-electron chi connectivity index (χ3n) is 2.82. The molecule has 0 amide bonds. The van der Waals surface area contributed by atoms with Crippen LogP contribution >= 0.6 is 0 Å².